The Labute approximate surface area is 129 Å². The van der Waals surface area contributed by atoms with Gasteiger partial charge in [-0.2, -0.15) is 0 Å². The lowest BCUT2D eigenvalue weighted by Crippen LogP contribution is -2.45. The van der Waals surface area contributed by atoms with Crippen LogP contribution < -0.4 is 10.1 Å². The van der Waals surface area contributed by atoms with Gasteiger partial charge in [0.05, 0.1) is 6.54 Å². The van der Waals surface area contributed by atoms with Crippen LogP contribution >= 0.6 is 0 Å². The molecule has 1 aromatic heterocycles. The minimum Gasteiger partial charge on any atom is -0.489 e. The number of hydrogen-bond acceptors (Lipinski definition) is 4. The molecule has 2 aromatic rings. The van der Waals surface area contributed by atoms with Crippen molar-refractivity contribution in [3.8, 4) is 5.75 Å². The molecule has 5 nitrogen and oxygen atoms in total. The molecule has 1 aliphatic rings. The molecular formula is C17H20N2O3. The van der Waals surface area contributed by atoms with Crippen molar-refractivity contribution in [3.63, 3.8) is 0 Å². The number of benzene rings is 1. The first-order chi connectivity index (χ1) is 10.7. The largest absolute Gasteiger partial charge is 0.489 e. The van der Waals surface area contributed by atoms with E-state index in [9.17, 15) is 4.79 Å². The molecule has 116 valence electrons. The van der Waals surface area contributed by atoms with Gasteiger partial charge in [-0.1, -0.05) is 18.2 Å². The van der Waals surface area contributed by atoms with Gasteiger partial charge in [0, 0.05) is 18.2 Å². The second-order valence-corrected chi connectivity index (χ2v) is 5.62. The lowest BCUT2D eigenvalue weighted by atomic mass is 10.0. The molecule has 3 rings (SSSR count). The molecule has 1 saturated heterocycles. The van der Waals surface area contributed by atoms with Gasteiger partial charge in [-0.15, -0.1) is 0 Å². The van der Waals surface area contributed by atoms with E-state index in [1.54, 1.807) is 6.20 Å². The lowest BCUT2D eigenvalue weighted by Gasteiger charge is -2.21. The highest BCUT2D eigenvalue weighted by Crippen LogP contribution is 2.25. The SMILES string of the molecule is C[C@@]1(C(=O)NCCOc2cccc3cccnc23)CCCO1. The van der Waals surface area contributed by atoms with Gasteiger partial charge in [-0.25, -0.2) is 0 Å². The van der Waals surface area contributed by atoms with E-state index in [2.05, 4.69) is 10.3 Å². The van der Waals surface area contributed by atoms with Crippen LogP contribution in [0.2, 0.25) is 0 Å². The van der Waals surface area contributed by atoms with Gasteiger partial charge < -0.3 is 14.8 Å². The normalized spacial score (nSPS) is 21.0. The lowest BCUT2D eigenvalue weighted by molar-refractivity contribution is -0.139. The molecule has 0 unspecified atom stereocenters. The number of ether oxygens (including phenoxy) is 2. The van der Waals surface area contributed by atoms with Crippen molar-refractivity contribution >= 4 is 16.8 Å². The van der Waals surface area contributed by atoms with Crippen LogP contribution in [-0.2, 0) is 9.53 Å². The maximum absolute atomic E-state index is 12.1. The first-order valence-corrected chi connectivity index (χ1v) is 7.58. The van der Waals surface area contributed by atoms with Crippen molar-refractivity contribution in [3.05, 3.63) is 36.5 Å². The molecule has 1 amide bonds. The van der Waals surface area contributed by atoms with Crippen LogP contribution in [0.25, 0.3) is 10.9 Å². The Kier molecular flexibility index (Phi) is 4.24. The molecule has 1 aromatic carbocycles. The quantitative estimate of drug-likeness (QED) is 0.861. The van der Waals surface area contributed by atoms with Crippen LogP contribution in [0.3, 0.4) is 0 Å². The molecule has 0 radical (unpaired) electrons. The monoisotopic (exact) mass is 300 g/mol. The van der Waals surface area contributed by atoms with E-state index in [-0.39, 0.29) is 5.91 Å². The van der Waals surface area contributed by atoms with E-state index in [0.717, 1.165) is 29.5 Å². The predicted octanol–water partition coefficient (Wildman–Crippen LogP) is 2.30. The van der Waals surface area contributed by atoms with Crippen LogP contribution in [0.5, 0.6) is 5.75 Å². The third-order valence-electron chi connectivity index (χ3n) is 3.94. The summed E-state index contributed by atoms with van der Waals surface area (Å²) in [6.07, 6.45) is 3.45. The van der Waals surface area contributed by atoms with Crippen molar-refractivity contribution in [2.75, 3.05) is 19.8 Å². The van der Waals surface area contributed by atoms with Crippen LogP contribution in [0.1, 0.15) is 19.8 Å². The Bertz CT molecular complexity index is 661. The molecule has 5 heteroatoms. The second kappa shape index (κ2) is 6.32. The van der Waals surface area contributed by atoms with Crippen LogP contribution in [-0.4, -0.2) is 36.3 Å². The number of amides is 1. The smallest absolute Gasteiger partial charge is 0.252 e. The third kappa shape index (κ3) is 3.04. The summed E-state index contributed by atoms with van der Waals surface area (Å²) < 4.78 is 11.3. The van der Waals surface area contributed by atoms with Gasteiger partial charge >= 0.3 is 0 Å². The van der Waals surface area contributed by atoms with E-state index >= 15 is 0 Å². The van der Waals surface area contributed by atoms with Crippen molar-refractivity contribution < 1.29 is 14.3 Å². The molecule has 0 aliphatic carbocycles. The summed E-state index contributed by atoms with van der Waals surface area (Å²) in [6.45, 7) is 3.34. The van der Waals surface area contributed by atoms with Crippen LogP contribution in [0.15, 0.2) is 36.5 Å². The zero-order valence-electron chi connectivity index (χ0n) is 12.7. The number of pyridine rings is 1. The number of carbonyl (C=O) groups is 1. The summed E-state index contributed by atoms with van der Waals surface area (Å²) >= 11 is 0. The summed E-state index contributed by atoms with van der Waals surface area (Å²) in [4.78, 5) is 16.4. The molecule has 1 N–H and O–H groups in total. The Hall–Kier alpha value is -2.14. The molecule has 22 heavy (non-hydrogen) atoms. The summed E-state index contributed by atoms with van der Waals surface area (Å²) in [5.74, 6) is 0.667. The Morgan fingerprint density at radius 2 is 2.27 bits per heavy atom. The Morgan fingerprint density at radius 3 is 3.09 bits per heavy atom. The van der Waals surface area contributed by atoms with Gasteiger partial charge in [-0.3, -0.25) is 9.78 Å². The van der Waals surface area contributed by atoms with E-state index in [0.29, 0.717) is 19.8 Å². The number of aromatic nitrogens is 1. The summed E-state index contributed by atoms with van der Waals surface area (Å²) in [5.41, 5.74) is 0.156. The van der Waals surface area contributed by atoms with Crippen LogP contribution in [0, 0.1) is 0 Å². The topological polar surface area (TPSA) is 60.5 Å². The maximum atomic E-state index is 12.1. The molecule has 1 fully saturated rings. The zero-order valence-corrected chi connectivity index (χ0v) is 12.7. The minimum atomic E-state index is -0.680. The average molecular weight is 300 g/mol. The number of carbonyl (C=O) groups excluding carboxylic acids is 1. The fourth-order valence-corrected chi connectivity index (χ4v) is 2.66. The van der Waals surface area contributed by atoms with Gasteiger partial charge in [-0.05, 0) is 31.9 Å². The zero-order chi connectivity index (χ0) is 15.4. The number of para-hydroxylation sites is 1. The average Bonchev–Trinajstić information content (AvgIpc) is 2.99. The number of rotatable bonds is 5. The molecule has 1 aliphatic heterocycles. The van der Waals surface area contributed by atoms with Gasteiger partial charge in [0.2, 0.25) is 0 Å². The first-order valence-electron chi connectivity index (χ1n) is 7.58. The van der Waals surface area contributed by atoms with E-state index in [1.807, 2.05) is 37.3 Å². The van der Waals surface area contributed by atoms with E-state index in [4.69, 9.17) is 9.47 Å². The maximum Gasteiger partial charge on any atom is 0.252 e. The van der Waals surface area contributed by atoms with Crippen molar-refractivity contribution in [1.82, 2.24) is 10.3 Å². The molecular weight excluding hydrogens is 280 g/mol. The fourth-order valence-electron chi connectivity index (χ4n) is 2.66. The number of fused-ring (bicyclic) bond motifs is 1. The van der Waals surface area contributed by atoms with Gasteiger partial charge in [0.15, 0.2) is 0 Å². The minimum absolute atomic E-state index is 0.0651. The summed E-state index contributed by atoms with van der Waals surface area (Å²) in [6, 6.07) is 9.71. The molecule has 0 spiro atoms. The third-order valence-corrected chi connectivity index (χ3v) is 3.94. The number of nitrogens with one attached hydrogen (secondary N) is 1. The highest BCUT2D eigenvalue weighted by Gasteiger charge is 2.37. The van der Waals surface area contributed by atoms with Crippen molar-refractivity contribution in [2.24, 2.45) is 0 Å². The highest BCUT2D eigenvalue weighted by molar-refractivity contribution is 5.85. The van der Waals surface area contributed by atoms with E-state index in [1.165, 1.54) is 0 Å². The van der Waals surface area contributed by atoms with Crippen LogP contribution in [0.4, 0.5) is 0 Å². The highest BCUT2D eigenvalue weighted by atomic mass is 16.5. The number of nitrogens with zero attached hydrogens (tertiary/aromatic N) is 1. The Morgan fingerprint density at radius 1 is 1.41 bits per heavy atom. The van der Waals surface area contributed by atoms with Crippen molar-refractivity contribution in [2.45, 2.75) is 25.4 Å². The molecule has 2 heterocycles. The van der Waals surface area contributed by atoms with E-state index < -0.39 is 5.60 Å². The van der Waals surface area contributed by atoms with Gasteiger partial charge in [0.25, 0.3) is 5.91 Å². The summed E-state index contributed by atoms with van der Waals surface area (Å²) in [7, 11) is 0. The Balaban J connectivity index is 1.53. The molecule has 1 atom stereocenters. The number of hydrogen-bond donors (Lipinski definition) is 1. The molecule has 0 bridgehead atoms. The predicted molar refractivity (Wildman–Crippen MR) is 83.8 cm³/mol. The standard InChI is InChI=1S/C17H20N2O3/c1-17(8-4-11-22-17)16(20)19-10-12-21-14-7-2-5-13-6-3-9-18-15(13)14/h2-3,5-7,9H,4,8,10-12H2,1H3,(H,19,20)/t17-/m0/s1. The molecule has 0 saturated carbocycles. The summed E-state index contributed by atoms with van der Waals surface area (Å²) in [5, 5.41) is 3.91. The fraction of sp³-hybridized carbons (Fsp3) is 0.412. The first kappa shape index (κ1) is 14.8. The second-order valence-electron chi connectivity index (χ2n) is 5.62. The van der Waals surface area contributed by atoms with Gasteiger partial charge in [0.1, 0.15) is 23.5 Å². The van der Waals surface area contributed by atoms with Crippen molar-refractivity contribution in [1.29, 1.82) is 0 Å².